The number of likely N-dealkylation sites (tertiary alicyclic amines) is 1. The number of nitrogens with one attached hydrogen (secondary N) is 2. The zero-order valence-electron chi connectivity index (χ0n) is 16.9. The SMILES string of the molecule is Cn1c(C(=O)NCC(O)CN2CCC(Oc3ccc(Cl)c(Cl)c3)CC2)cc(=O)[nH]c1=O. The smallest absolute Gasteiger partial charge is 0.328 e. The van der Waals surface area contributed by atoms with Crippen molar-refractivity contribution in [2.45, 2.75) is 25.0 Å². The van der Waals surface area contributed by atoms with E-state index in [-0.39, 0.29) is 18.3 Å². The first-order valence-corrected chi connectivity index (χ1v) is 10.6. The second-order valence-electron chi connectivity index (χ2n) is 7.44. The number of aromatic nitrogens is 2. The van der Waals surface area contributed by atoms with Gasteiger partial charge in [-0.05, 0) is 25.0 Å². The highest BCUT2D eigenvalue weighted by atomic mass is 35.5. The predicted octanol–water partition coefficient (Wildman–Crippen LogP) is 1.01. The van der Waals surface area contributed by atoms with E-state index < -0.39 is 23.3 Å². The van der Waals surface area contributed by atoms with Gasteiger partial charge in [-0.2, -0.15) is 0 Å². The summed E-state index contributed by atoms with van der Waals surface area (Å²) in [6, 6.07) is 6.21. The molecule has 3 rings (SSSR count). The van der Waals surface area contributed by atoms with Crippen LogP contribution in [-0.2, 0) is 7.05 Å². The number of β-amino-alcohol motifs (C(OH)–C–C–N with tert-alkyl or cyclic N) is 1. The van der Waals surface area contributed by atoms with Crippen LogP contribution in [-0.4, -0.2) is 63.9 Å². The van der Waals surface area contributed by atoms with Crippen LogP contribution in [0.3, 0.4) is 0 Å². The van der Waals surface area contributed by atoms with E-state index in [0.29, 0.717) is 22.3 Å². The number of piperidine rings is 1. The van der Waals surface area contributed by atoms with Gasteiger partial charge in [-0.25, -0.2) is 4.79 Å². The molecule has 31 heavy (non-hydrogen) atoms. The number of amides is 1. The number of aromatic amines is 1. The van der Waals surface area contributed by atoms with Crippen LogP contribution in [0.15, 0.2) is 33.9 Å². The van der Waals surface area contributed by atoms with Crippen molar-refractivity contribution in [3.8, 4) is 5.75 Å². The topological polar surface area (TPSA) is 117 Å². The molecule has 1 aromatic carbocycles. The third kappa shape index (κ3) is 6.33. The molecule has 168 valence electrons. The van der Waals surface area contributed by atoms with Gasteiger partial charge in [-0.1, -0.05) is 23.2 Å². The second kappa shape index (κ2) is 10.3. The average molecular weight is 471 g/mol. The van der Waals surface area contributed by atoms with Crippen LogP contribution in [0.5, 0.6) is 5.75 Å². The van der Waals surface area contributed by atoms with Gasteiger partial charge in [0.25, 0.3) is 11.5 Å². The van der Waals surface area contributed by atoms with E-state index in [2.05, 4.69) is 15.2 Å². The summed E-state index contributed by atoms with van der Waals surface area (Å²) in [6.45, 7) is 1.85. The first kappa shape index (κ1) is 23.3. The maximum Gasteiger partial charge on any atom is 0.328 e. The van der Waals surface area contributed by atoms with Gasteiger partial charge in [-0.3, -0.25) is 19.1 Å². The van der Waals surface area contributed by atoms with Crippen molar-refractivity contribution >= 4 is 29.1 Å². The highest BCUT2D eigenvalue weighted by Gasteiger charge is 2.23. The molecule has 1 fully saturated rings. The molecule has 9 nitrogen and oxygen atoms in total. The summed E-state index contributed by atoms with van der Waals surface area (Å²) >= 11 is 11.9. The fourth-order valence-electron chi connectivity index (χ4n) is 3.39. The number of rotatable bonds is 7. The van der Waals surface area contributed by atoms with Gasteiger partial charge < -0.3 is 20.1 Å². The normalized spacial score (nSPS) is 16.1. The highest BCUT2D eigenvalue weighted by Crippen LogP contribution is 2.28. The zero-order chi connectivity index (χ0) is 22.5. The Morgan fingerprint density at radius 1 is 1.26 bits per heavy atom. The van der Waals surface area contributed by atoms with Gasteiger partial charge in [0, 0.05) is 45.4 Å². The predicted molar refractivity (Wildman–Crippen MR) is 117 cm³/mol. The van der Waals surface area contributed by atoms with Crippen molar-refractivity contribution in [1.82, 2.24) is 19.8 Å². The minimum absolute atomic E-state index is 0.000471. The standard InChI is InChI=1S/C20H24Cl2N4O5/c1-25-17(9-18(28)24-20(25)30)19(29)23-10-12(27)11-26-6-4-13(5-7-26)31-14-2-3-15(21)16(22)8-14/h2-3,8-9,12-13,27H,4-7,10-11H2,1H3,(H,23,29)(H,24,28,30). The van der Waals surface area contributed by atoms with Crippen molar-refractivity contribution in [2.24, 2.45) is 7.05 Å². The number of ether oxygens (including phenoxy) is 1. The number of halogens is 2. The Kier molecular flexibility index (Phi) is 7.77. The summed E-state index contributed by atoms with van der Waals surface area (Å²) in [5.74, 6) is 0.0724. The minimum atomic E-state index is -0.796. The molecule has 1 aliphatic rings. The van der Waals surface area contributed by atoms with Crippen molar-refractivity contribution in [3.63, 3.8) is 0 Å². The monoisotopic (exact) mass is 470 g/mol. The van der Waals surface area contributed by atoms with Crippen LogP contribution in [0.4, 0.5) is 0 Å². The Hall–Kier alpha value is -2.33. The summed E-state index contributed by atoms with van der Waals surface area (Å²) < 4.78 is 7.00. The van der Waals surface area contributed by atoms with E-state index in [4.69, 9.17) is 27.9 Å². The quantitative estimate of drug-likeness (QED) is 0.555. The number of aliphatic hydroxyl groups is 1. The second-order valence-corrected chi connectivity index (χ2v) is 8.25. The molecule has 1 amide bonds. The fourth-order valence-corrected chi connectivity index (χ4v) is 3.68. The Bertz CT molecular complexity index is 1050. The Balaban J connectivity index is 1.43. The minimum Gasteiger partial charge on any atom is -0.490 e. The Morgan fingerprint density at radius 3 is 2.65 bits per heavy atom. The van der Waals surface area contributed by atoms with Crippen LogP contribution in [0.1, 0.15) is 23.3 Å². The van der Waals surface area contributed by atoms with Crippen molar-refractivity contribution < 1.29 is 14.6 Å². The lowest BCUT2D eigenvalue weighted by molar-refractivity contribution is 0.0592. The van der Waals surface area contributed by atoms with Gasteiger partial charge in [0.1, 0.15) is 17.5 Å². The van der Waals surface area contributed by atoms with Crippen LogP contribution < -0.4 is 21.3 Å². The Labute approximate surface area is 188 Å². The van der Waals surface area contributed by atoms with Crippen LogP contribution in [0.25, 0.3) is 0 Å². The molecule has 0 spiro atoms. The number of carbonyl (C=O) groups excluding carboxylic acids is 1. The van der Waals surface area contributed by atoms with Gasteiger partial charge in [0.05, 0.1) is 16.1 Å². The summed E-state index contributed by atoms with van der Waals surface area (Å²) in [4.78, 5) is 39.4. The van der Waals surface area contributed by atoms with Crippen LogP contribution in [0, 0.1) is 0 Å². The number of hydrogen-bond acceptors (Lipinski definition) is 6. The molecule has 0 bridgehead atoms. The first-order chi connectivity index (χ1) is 14.7. The molecule has 0 radical (unpaired) electrons. The number of carbonyl (C=O) groups is 1. The first-order valence-electron chi connectivity index (χ1n) is 9.83. The average Bonchev–Trinajstić information content (AvgIpc) is 2.73. The van der Waals surface area contributed by atoms with Crippen LogP contribution in [0.2, 0.25) is 10.0 Å². The number of hydrogen-bond donors (Lipinski definition) is 3. The van der Waals surface area contributed by atoms with Crippen molar-refractivity contribution in [1.29, 1.82) is 0 Å². The third-order valence-electron chi connectivity index (χ3n) is 5.09. The lowest BCUT2D eigenvalue weighted by Crippen LogP contribution is -2.45. The molecule has 3 N–H and O–H groups in total. The van der Waals surface area contributed by atoms with Gasteiger partial charge in [0.15, 0.2) is 0 Å². The van der Waals surface area contributed by atoms with Crippen LogP contribution >= 0.6 is 23.2 Å². The molecule has 2 aromatic rings. The molecular weight excluding hydrogens is 447 g/mol. The lowest BCUT2D eigenvalue weighted by atomic mass is 10.1. The summed E-state index contributed by atoms with van der Waals surface area (Å²) in [7, 11) is 1.38. The zero-order valence-corrected chi connectivity index (χ0v) is 18.4. The molecule has 2 heterocycles. The number of H-pyrrole nitrogens is 1. The largest absolute Gasteiger partial charge is 0.490 e. The van der Waals surface area contributed by atoms with E-state index in [1.54, 1.807) is 18.2 Å². The molecule has 1 aliphatic heterocycles. The van der Waals surface area contributed by atoms with E-state index in [1.165, 1.54) is 7.05 Å². The van der Waals surface area contributed by atoms with Gasteiger partial charge in [0.2, 0.25) is 0 Å². The molecule has 1 unspecified atom stereocenters. The molecule has 1 saturated heterocycles. The number of benzene rings is 1. The van der Waals surface area contributed by atoms with Crippen molar-refractivity contribution in [2.75, 3.05) is 26.2 Å². The lowest BCUT2D eigenvalue weighted by Gasteiger charge is -2.33. The molecule has 1 atom stereocenters. The molecule has 11 heteroatoms. The third-order valence-corrected chi connectivity index (χ3v) is 5.83. The summed E-state index contributed by atoms with van der Waals surface area (Å²) in [5, 5.41) is 13.8. The van der Waals surface area contributed by atoms with E-state index in [1.807, 2.05) is 0 Å². The molecule has 0 saturated carbocycles. The maximum absolute atomic E-state index is 12.2. The molecule has 1 aromatic heterocycles. The fraction of sp³-hybridized carbons (Fsp3) is 0.450. The number of aliphatic hydroxyl groups excluding tert-OH is 1. The number of nitrogens with zero attached hydrogens (tertiary/aromatic N) is 2. The van der Waals surface area contributed by atoms with Crippen molar-refractivity contribution in [3.05, 3.63) is 60.8 Å². The summed E-state index contributed by atoms with van der Waals surface area (Å²) in [5.41, 5.74) is -1.40. The van der Waals surface area contributed by atoms with E-state index in [9.17, 15) is 19.5 Å². The summed E-state index contributed by atoms with van der Waals surface area (Å²) in [6.07, 6.45) is 0.820. The van der Waals surface area contributed by atoms with Gasteiger partial charge in [-0.15, -0.1) is 0 Å². The van der Waals surface area contributed by atoms with E-state index in [0.717, 1.165) is 36.6 Å². The maximum atomic E-state index is 12.2. The Morgan fingerprint density at radius 2 is 1.97 bits per heavy atom. The molecular formula is C20H24Cl2N4O5. The molecule has 0 aliphatic carbocycles. The van der Waals surface area contributed by atoms with Gasteiger partial charge >= 0.3 is 5.69 Å². The van der Waals surface area contributed by atoms with E-state index >= 15 is 0 Å². The highest BCUT2D eigenvalue weighted by molar-refractivity contribution is 6.42.